The van der Waals surface area contributed by atoms with Crippen molar-refractivity contribution in [3.63, 3.8) is 0 Å². The maximum absolute atomic E-state index is 12.3. The average Bonchev–Trinajstić information content (AvgIpc) is 3.22. The van der Waals surface area contributed by atoms with E-state index in [1.807, 2.05) is 6.92 Å². The molecule has 0 amide bonds. The van der Waals surface area contributed by atoms with Gasteiger partial charge in [-0.1, -0.05) is 53.7 Å². The number of carbonyl (C=O) groups is 1. The zero-order valence-electron chi connectivity index (χ0n) is 24.4. The molecule has 0 saturated heterocycles. The van der Waals surface area contributed by atoms with Crippen molar-refractivity contribution in [1.29, 1.82) is 0 Å². The van der Waals surface area contributed by atoms with E-state index in [1.54, 1.807) is 0 Å². The maximum Gasteiger partial charge on any atom is 0.305 e. The Balaban J connectivity index is 1.49. The van der Waals surface area contributed by atoms with Crippen LogP contribution < -0.4 is 0 Å². The number of fused-ring (bicyclic) bond motifs is 7. The van der Waals surface area contributed by atoms with Crippen LogP contribution in [0, 0.1) is 56.7 Å². The Hall–Kier alpha value is -0.830. The van der Waals surface area contributed by atoms with Crippen LogP contribution in [0.5, 0.6) is 0 Å². The van der Waals surface area contributed by atoms with E-state index in [0.29, 0.717) is 52.9 Å². The number of carbonyl (C=O) groups excluding carboxylic acids is 1. The van der Waals surface area contributed by atoms with Crippen molar-refractivity contribution in [2.75, 3.05) is 6.61 Å². The van der Waals surface area contributed by atoms with Crippen LogP contribution in [-0.2, 0) is 9.53 Å². The lowest BCUT2D eigenvalue weighted by atomic mass is 9.32. The molecule has 5 aliphatic rings. The third-order valence-electron chi connectivity index (χ3n) is 14.1. The molecular weight excluding hydrogens is 444 g/mol. The summed E-state index contributed by atoms with van der Waals surface area (Å²) in [6.07, 6.45) is 12.7. The molecule has 5 aliphatic carbocycles. The minimum Gasteiger partial charge on any atom is -0.462 e. The second-order valence-electron chi connectivity index (χ2n) is 15.4. The molecule has 0 unspecified atom stereocenters. The quantitative estimate of drug-likeness (QED) is 0.316. The van der Waals surface area contributed by atoms with Crippen LogP contribution in [0.3, 0.4) is 0 Å². The zero-order valence-corrected chi connectivity index (χ0v) is 24.4. The largest absolute Gasteiger partial charge is 0.462 e. The lowest BCUT2D eigenvalue weighted by Crippen LogP contribution is -2.67. The topological polar surface area (TPSA) is 46.5 Å². The van der Waals surface area contributed by atoms with Gasteiger partial charge in [-0.3, -0.25) is 4.79 Å². The van der Waals surface area contributed by atoms with E-state index in [-0.39, 0.29) is 22.9 Å². The zero-order chi connectivity index (χ0) is 26.3. The molecule has 1 N–H and O–H groups in total. The second kappa shape index (κ2) is 8.59. The van der Waals surface area contributed by atoms with E-state index < -0.39 is 0 Å². The van der Waals surface area contributed by atoms with Gasteiger partial charge in [-0.05, 0) is 122 Å². The van der Waals surface area contributed by atoms with Gasteiger partial charge in [0, 0.05) is 18.4 Å². The molecule has 3 heteroatoms. The Morgan fingerprint density at radius 2 is 1.61 bits per heavy atom. The van der Waals surface area contributed by atoms with Gasteiger partial charge in [0.15, 0.2) is 0 Å². The van der Waals surface area contributed by atoms with Crippen molar-refractivity contribution in [2.45, 2.75) is 125 Å². The highest BCUT2D eigenvalue weighted by Crippen LogP contribution is 2.77. The molecule has 0 radical (unpaired) electrons. The summed E-state index contributed by atoms with van der Waals surface area (Å²) < 4.78 is 6.05. The number of aliphatic hydroxyl groups excluding tert-OH is 1. The Morgan fingerprint density at radius 1 is 0.889 bits per heavy atom. The first kappa shape index (κ1) is 26.8. The van der Waals surface area contributed by atoms with Gasteiger partial charge in [0.2, 0.25) is 0 Å². The summed E-state index contributed by atoms with van der Waals surface area (Å²) >= 11 is 0. The third-order valence-corrected chi connectivity index (χ3v) is 14.1. The summed E-state index contributed by atoms with van der Waals surface area (Å²) in [6, 6.07) is 0. The molecule has 0 bridgehead atoms. The first-order valence-electron chi connectivity index (χ1n) is 15.3. The van der Waals surface area contributed by atoms with Crippen molar-refractivity contribution >= 4 is 5.97 Å². The Morgan fingerprint density at radius 3 is 2.25 bits per heavy atom. The maximum atomic E-state index is 12.3. The van der Waals surface area contributed by atoms with Gasteiger partial charge in [-0.25, -0.2) is 0 Å². The van der Waals surface area contributed by atoms with Gasteiger partial charge < -0.3 is 9.84 Å². The molecule has 0 aromatic carbocycles. The van der Waals surface area contributed by atoms with E-state index in [1.165, 1.54) is 63.4 Å². The molecule has 204 valence electrons. The highest BCUT2D eigenvalue weighted by Gasteiger charge is 2.71. The number of hydrogen-bond acceptors (Lipinski definition) is 3. The monoisotopic (exact) mass is 498 g/mol. The van der Waals surface area contributed by atoms with Crippen LogP contribution in [0.15, 0.2) is 12.2 Å². The Labute approximate surface area is 221 Å². The summed E-state index contributed by atoms with van der Waals surface area (Å²) in [4.78, 5) is 12.3. The number of hydrogen-bond donors (Lipinski definition) is 1. The number of rotatable bonds is 4. The minimum atomic E-state index is -0.0384. The summed E-state index contributed by atoms with van der Waals surface area (Å²) in [5.41, 5.74) is 2.45. The predicted molar refractivity (Wildman–Crippen MR) is 146 cm³/mol. The van der Waals surface area contributed by atoms with Gasteiger partial charge in [0.05, 0.1) is 0 Å². The number of allylic oxidation sites excluding steroid dienone is 1. The third kappa shape index (κ3) is 3.35. The summed E-state index contributed by atoms with van der Waals surface area (Å²) in [7, 11) is 0. The molecule has 5 rings (SSSR count). The van der Waals surface area contributed by atoms with Crippen LogP contribution in [0.2, 0.25) is 0 Å². The summed E-state index contributed by atoms with van der Waals surface area (Å²) in [6.45, 7) is 21.7. The van der Waals surface area contributed by atoms with Crippen LogP contribution in [0.25, 0.3) is 0 Å². The molecule has 0 aromatic rings. The summed E-state index contributed by atoms with van der Waals surface area (Å²) in [5.74, 6) is 3.15. The Bertz CT molecular complexity index is 907. The molecule has 5 saturated carbocycles. The first-order chi connectivity index (χ1) is 16.8. The molecule has 0 aromatic heterocycles. The predicted octanol–water partition coefficient (Wildman–Crippen LogP) is 7.96. The second-order valence-corrected chi connectivity index (χ2v) is 15.4. The number of esters is 1. The van der Waals surface area contributed by atoms with Crippen molar-refractivity contribution in [3.8, 4) is 0 Å². The average molecular weight is 499 g/mol. The fourth-order valence-electron chi connectivity index (χ4n) is 12.0. The molecule has 0 spiro atoms. The normalized spacial score (nSPS) is 51.3. The van der Waals surface area contributed by atoms with E-state index in [0.717, 1.165) is 12.3 Å². The lowest BCUT2D eigenvalue weighted by Gasteiger charge is -2.73. The van der Waals surface area contributed by atoms with E-state index in [4.69, 9.17) is 4.74 Å². The van der Waals surface area contributed by atoms with Gasteiger partial charge in [-0.15, -0.1) is 0 Å². The molecule has 10 atom stereocenters. The van der Waals surface area contributed by atoms with Gasteiger partial charge in [0.1, 0.15) is 6.10 Å². The van der Waals surface area contributed by atoms with Crippen molar-refractivity contribution in [1.82, 2.24) is 0 Å². The molecule has 0 aliphatic heterocycles. The van der Waals surface area contributed by atoms with E-state index in [9.17, 15) is 9.90 Å². The molecule has 0 heterocycles. The van der Waals surface area contributed by atoms with Crippen LogP contribution in [-0.4, -0.2) is 23.8 Å². The fourth-order valence-corrected chi connectivity index (χ4v) is 12.0. The smallest absolute Gasteiger partial charge is 0.305 e. The highest BCUT2D eigenvalue weighted by atomic mass is 16.5. The SMILES string of the molecule is C=C(C)[C@@H]1CC[C@]2(CO)CC[C@]3(C)[C@H](CC[C@@H]4[C@@]5(C)CC[C@H](OC(=O)CC)C(C)(C)[C@@H]5CC[C@]43C)[C@@H]12. The molecule has 3 nitrogen and oxygen atoms in total. The Kier molecular flexibility index (Phi) is 6.38. The molecule has 36 heavy (non-hydrogen) atoms. The minimum absolute atomic E-state index is 0.0199. The van der Waals surface area contributed by atoms with Crippen molar-refractivity contribution in [3.05, 3.63) is 12.2 Å². The van der Waals surface area contributed by atoms with Crippen LogP contribution in [0.1, 0.15) is 119 Å². The molecular formula is C33H54O3. The van der Waals surface area contributed by atoms with Crippen molar-refractivity contribution < 1.29 is 14.6 Å². The van der Waals surface area contributed by atoms with Gasteiger partial charge in [0.25, 0.3) is 0 Å². The fraction of sp³-hybridized carbons (Fsp3) is 0.909. The van der Waals surface area contributed by atoms with Crippen LogP contribution >= 0.6 is 0 Å². The molecule has 5 fully saturated rings. The standard InChI is InChI=1S/C33H54O3/c1-9-27(35)36-26-14-15-30(6)24(29(26,4)5)13-16-32(8)25(30)11-10-23-28-22(21(2)3)12-17-33(28,20-34)19-18-31(23,32)7/h22-26,28,34H,2,9-20H2,1,3-8H3/t22-,23+,24-,25+,26-,28+,30-,31+,32+,33+/m0/s1. The van der Waals surface area contributed by atoms with Gasteiger partial charge in [-0.2, -0.15) is 0 Å². The first-order valence-corrected chi connectivity index (χ1v) is 15.3. The van der Waals surface area contributed by atoms with E-state index in [2.05, 4.69) is 48.1 Å². The van der Waals surface area contributed by atoms with Crippen LogP contribution in [0.4, 0.5) is 0 Å². The number of ether oxygens (including phenoxy) is 1. The highest BCUT2D eigenvalue weighted by molar-refractivity contribution is 5.69. The lowest BCUT2D eigenvalue weighted by molar-refractivity contribution is -0.251. The van der Waals surface area contributed by atoms with Crippen molar-refractivity contribution in [2.24, 2.45) is 56.7 Å². The number of aliphatic hydroxyl groups is 1. The summed E-state index contributed by atoms with van der Waals surface area (Å²) in [5, 5.41) is 10.7. The van der Waals surface area contributed by atoms with E-state index >= 15 is 0 Å². The van der Waals surface area contributed by atoms with Gasteiger partial charge >= 0.3 is 5.97 Å².